The number of aromatic nitrogens is 1. The molecule has 0 aliphatic rings. The molecule has 1 heterocycles. The molecule has 2 aromatic carbocycles. The Morgan fingerprint density at radius 2 is 1.67 bits per heavy atom. The predicted octanol–water partition coefficient (Wildman–Crippen LogP) is 4.04. The van der Waals surface area contributed by atoms with Crippen LogP contribution in [-0.2, 0) is 0 Å². The smallest absolute Gasteiger partial charge is 0.281 e. The maximum Gasteiger partial charge on any atom is 0.281 e. The van der Waals surface area contributed by atoms with Crippen LogP contribution in [0.1, 0.15) is 11.1 Å². The number of hydrogen-bond acceptors (Lipinski definition) is 4. The molecule has 0 N–H and O–H groups in total. The molecule has 0 aliphatic heterocycles. The summed E-state index contributed by atoms with van der Waals surface area (Å²) in [6.07, 6.45) is 0. The minimum absolute atomic E-state index is 0.165. The van der Waals surface area contributed by atoms with E-state index in [0.717, 1.165) is 16.0 Å². The van der Waals surface area contributed by atoms with Gasteiger partial charge in [0.15, 0.2) is 5.13 Å². The SMILES string of the molecule is Cc1ccc(N(C)c2nc(=O)c3cc(C)ccc3s2)cc1. The lowest BCUT2D eigenvalue weighted by atomic mass is 10.2. The normalized spacial score (nSPS) is 10.8. The van der Waals surface area contributed by atoms with E-state index in [2.05, 4.69) is 24.0 Å². The van der Waals surface area contributed by atoms with Crippen molar-refractivity contribution in [2.75, 3.05) is 11.9 Å². The Hall–Kier alpha value is -2.20. The highest BCUT2D eigenvalue weighted by atomic mass is 32.1. The van der Waals surface area contributed by atoms with Crippen molar-refractivity contribution in [3.8, 4) is 0 Å². The molecule has 0 bridgehead atoms. The van der Waals surface area contributed by atoms with Gasteiger partial charge in [0.05, 0.1) is 5.39 Å². The third kappa shape index (κ3) is 2.67. The van der Waals surface area contributed by atoms with Crippen LogP contribution in [0.3, 0.4) is 0 Å². The molecular formula is C17H16N2OS. The molecule has 4 heteroatoms. The average Bonchev–Trinajstić information content (AvgIpc) is 2.48. The topological polar surface area (TPSA) is 33.2 Å². The maximum absolute atomic E-state index is 12.2. The van der Waals surface area contributed by atoms with E-state index in [0.29, 0.717) is 10.5 Å². The third-order valence-corrected chi connectivity index (χ3v) is 4.60. The van der Waals surface area contributed by atoms with Gasteiger partial charge in [-0.15, -0.1) is 0 Å². The highest BCUT2D eigenvalue weighted by molar-refractivity contribution is 7.21. The van der Waals surface area contributed by atoms with Crippen molar-refractivity contribution in [1.29, 1.82) is 0 Å². The van der Waals surface area contributed by atoms with Gasteiger partial charge < -0.3 is 4.90 Å². The minimum Gasteiger partial charge on any atom is -0.321 e. The van der Waals surface area contributed by atoms with Gasteiger partial charge in [-0.25, -0.2) is 0 Å². The van der Waals surface area contributed by atoms with Crippen LogP contribution in [0.15, 0.2) is 47.3 Å². The van der Waals surface area contributed by atoms with Gasteiger partial charge in [-0.05, 0) is 38.1 Å². The molecule has 3 rings (SSSR count). The molecule has 0 unspecified atom stereocenters. The molecule has 106 valence electrons. The van der Waals surface area contributed by atoms with Crippen LogP contribution in [0.5, 0.6) is 0 Å². The fourth-order valence-corrected chi connectivity index (χ4v) is 3.15. The van der Waals surface area contributed by atoms with Gasteiger partial charge in [-0.3, -0.25) is 4.79 Å². The zero-order valence-electron chi connectivity index (χ0n) is 12.3. The third-order valence-electron chi connectivity index (χ3n) is 3.47. The Balaban J connectivity index is 2.10. The first kappa shape index (κ1) is 13.8. The zero-order valence-corrected chi connectivity index (χ0v) is 13.1. The summed E-state index contributed by atoms with van der Waals surface area (Å²) in [5, 5.41) is 1.40. The molecule has 0 atom stereocenters. The van der Waals surface area contributed by atoms with Crippen molar-refractivity contribution in [1.82, 2.24) is 4.98 Å². The van der Waals surface area contributed by atoms with Crippen LogP contribution in [0.2, 0.25) is 0 Å². The summed E-state index contributed by atoms with van der Waals surface area (Å²) in [5.74, 6) is 0. The fourth-order valence-electron chi connectivity index (χ4n) is 2.19. The second kappa shape index (κ2) is 5.30. The number of rotatable bonds is 2. The van der Waals surface area contributed by atoms with Crippen molar-refractivity contribution in [3.05, 3.63) is 63.9 Å². The van der Waals surface area contributed by atoms with Gasteiger partial charge in [-0.2, -0.15) is 4.98 Å². The lowest BCUT2D eigenvalue weighted by molar-refractivity contribution is 1.14. The molecule has 3 aromatic rings. The van der Waals surface area contributed by atoms with Gasteiger partial charge in [0.2, 0.25) is 0 Å². The van der Waals surface area contributed by atoms with E-state index in [9.17, 15) is 4.79 Å². The molecule has 0 radical (unpaired) electrons. The Bertz CT molecular complexity index is 853. The Kier molecular flexibility index (Phi) is 3.47. The largest absolute Gasteiger partial charge is 0.321 e. The molecule has 0 aliphatic carbocycles. The summed E-state index contributed by atoms with van der Waals surface area (Å²) in [7, 11) is 1.93. The van der Waals surface area contributed by atoms with E-state index >= 15 is 0 Å². The molecule has 0 saturated heterocycles. The molecule has 3 nitrogen and oxygen atoms in total. The van der Waals surface area contributed by atoms with Crippen molar-refractivity contribution in [3.63, 3.8) is 0 Å². The summed E-state index contributed by atoms with van der Waals surface area (Å²) in [6, 6.07) is 14.1. The van der Waals surface area contributed by atoms with Gasteiger partial charge in [-0.1, -0.05) is 40.7 Å². The highest BCUT2D eigenvalue weighted by Gasteiger charge is 2.10. The van der Waals surface area contributed by atoms with Crippen LogP contribution in [-0.4, -0.2) is 12.0 Å². The number of fused-ring (bicyclic) bond motifs is 1. The van der Waals surface area contributed by atoms with E-state index in [1.54, 1.807) is 0 Å². The summed E-state index contributed by atoms with van der Waals surface area (Å²) in [4.78, 5) is 18.4. The van der Waals surface area contributed by atoms with Crippen LogP contribution < -0.4 is 10.5 Å². The highest BCUT2D eigenvalue weighted by Crippen LogP contribution is 2.28. The number of hydrogen-bond donors (Lipinski definition) is 0. The van der Waals surface area contributed by atoms with Crippen LogP contribution >= 0.6 is 11.3 Å². The van der Waals surface area contributed by atoms with E-state index in [1.165, 1.54) is 16.9 Å². The fraction of sp³-hybridized carbons (Fsp3) is 0.176. The minimum atomic E-state index is -0.165. The van der Waals surface area contributed by atoms with Crippen LogP contribution in [0, 0.1) is 13.8 Å². The quantitative estimate of drug-likeness (QED) is 0.715. The summed E-state index contributed by atoms with van der Waals surface area (Å²) in [6.45, 7) is 4.04. The zero-order chi connectivity index (χ0) is 15.0. The number of nitrogens with zero attached hydrogens (tertiary/aromatic N) is 2. The predicted molar refractivity (Wildman–Crippen MR) is 89.9 cm³/mol. The summed E-state index contributed by atoms with van der Waals surface area (Å²) < 4.78 is 0.967. The standard InChI is InChI=1S/C17H16N2OS/c1-11-4-7-13(8-5-11)19(3)17-18-16(20)14-10-12(2)6-9-15(14)21-17/h4-10H,1-3H3. The van der Waals surface area contributed by atoms with E-state index in [4.69, 9.17) is 0 Å². The Morgan fingerprint density at radius 3 is 2.38 bits per heavy atom. The van der Waals surface area contributed by atoms with Crippen LogP contribution in [0.4, 0.5) is 10.8 Å². The lowest BCUT2D eigenvalue weighted by Crippen LogP contribution is -2.15. The van der Waals surface area contributed by atoms with E-state index in [-0.39, 0.29) is 5.56 Å². The summed E-state index contributed by atoms with van der Waals surface area (Å²) >= 11 is 1.53. The molecule has 1 aromatic heterocycles. The van der Waals surface area contributed by atoms with Crippen LogP contribution in [0.25, 0.3) is 10.1 Å². The van der Waals surface area contributed by atoms with E-state index < -0.39 is 0 Å². The van der Waals surface area contributed by atoms with Gasteiger partial charge in [0.1, 0.15) is 0 Å². The monoisotopic (exact) mass is 296 g/mol. The first-order valence-corrected chi connectivity index (χ1v) is 7.58. The second-order valence-corrected chi connectivity index (χ2v) is 6.20. The van der Waals surface area contributed by atoms with Gasteiger partial charge in [0, 0.05) is 17.4 Å². The lowest BCUT2D eigenvalue weighted by Gasteiger charge is -2.17. The molecule has 0 saturated carbocycles. The second-order valence-electron chi connectivity index (χ2n) is 5.20. The number of benzene rings is 2. The van der Waals surface area contributed by atoms with Crippen molar-refractivity contribution in [2.45, 2.75) is 13.8 Å². The maximum atomic E-state index is 12.2. The number of anilines is 2. The average molecular weight is 296 g/mol. The molecule has 0 amide bonds. The van der Waals surface area contributed by atoms with Crippen molar-refractivity contribution >= 4 is 32.2 Å². The van der Waals surface area contributed by atoms with Gasteiger partial charge >= 0.3 is 0 Å². The number of aryl methyl sites for hydroxylation is 2. The molecular weight excluding hydrogens is 280 g/mol. The first-order chi connectivity index (χ1) is 10.0. The van der Waals surface area contributed by atoms with Crippen molar-refractivity contribution < 1.29 is 0 Å². The van der Waals surface area contributed by atoms with Gasteiger partial charge in [0.25, 0.3) is 5.56 Å². The molecule has 0 spiro atoms. The Morgan fingerprint density at radius 1 is 1.00 bits per heavy atom. The van der Waals surface area contributed by atoms with Crippen molar-refractivity contribution in [2.24, 2.45) is 0 Å². The van der Waals surface area contributed by atoms with E-state index in [1.807, 2.05) is 49.2 Å². The first-order valence-electron chi connectivity index (χ1n) is 6.76. The Labute approximate surface area is 127 Å². The molecule has 21 heavy (non-hydrogen) atoms. The summed E-state index contributed by atoms with van der Waals surface area (Å²) in [5.41, 5.74) is 3.15. The molecule has 0 fully saturated rings.